The molecule has 0 saturated carbocycles. The maximum absolute atomic E-state index is 13.3. The van der Waals surface area contributed by atoms with Crippen molar-refractivity contribution in [1.29, 1.82) is 0 Å². The topological polar surface area (TPSA) is 48.4 Å². The third-order valence-corrected chi connectivity index (χ3v) is 6.53. The molecule has 1 saturated heterocycles. The zero-order chi connectivity index (χ0) is 21.8. The van der Waals surface area contributed by atoms with E-state index in [2.05, 4.69) is 38.8 Å². The quantitative estimate of drug-likeness (QED) is 0.625. The number of hydrazone groups is 1. The normalized spacial score (nSPS) is 20.0. The Balaban J connectivity index is 1.54. The van der Waals surface area contributed by atoms with Crippen molar-refractivity contribution in [3.63, 3.8) is 0 Å². The molecular formula is C24H29BrN4O2. The van der Waals surface area contributed by atoms with Gasteiger partial charge in [0, 0.05) is 50.0 Å². The molecule has 31 heavy (non-hydrogen) atoms. The number of hydrogen-bond donors (Lipinski definition) is 0. The van der Waals surface area contributed by atoms with Crippen molar-refractivity contribution in [1.82, 2.24) is 14.8 Å². The molecule has 0 bridgehead atoms. The lowest BCUT2D eigenvalue weighted by Gasteiger charge is -2.32. The van der Waals surface area contributed by atoms with E-state index >= 15 is 0 Å². The van der Waals surface area contributed by atoms with Crippen LogP contribution in [0.2, 0.25) is 0 Å². The Morgan fingerprint density at radius 1 is 1.13 bits per heavy atom. The first-order valence-corrected chi connectivity index (χ1v) is 11.5. The smallest absolute Gasteiger partial charge is 0.244 e. The average molecular weight is 485 g/mol. The van der Waals surface area contributed by atoms with Crippen LogP contribution in [0.25, 0.3) is 0 Å². The van der Waals surface area contributed by atoms with E-state index < -0.39 is 0 Å². The minimum Gasteiger partial charge on any atom is -0.497 e. The molecule has 0 spiro atoms. The fourth-order valence-electron chi connectivity index (χ4n) is 4.13. The number of rotatable bonds is 6. The first-order chi connectivity index (χ1) is 15.0. The number of piperazine rings is 1. The summed E-state index contributed by atoms with van der Waals surface area (Å²) < 4.78 is 6.42. The summed E-state index contributed by atoms with van der Waals surface area (Å²) >= 11 is 3.54. The standard InChI is InChI=1S/C24H29BrN4O2/c1-27-11-13-28(14-12-27)10-9-24(30)29-23(19-6-4-8-21(16-19)31-2)17-22(26-29)18-5-3-7-20(25)15-18/h3-8,15-16,23H,9-14,17H2,1-2H3/t23-/m1/s1. The van der Waals surface area contributed by atoms with Crippen molar-refractivity contribution in [2.75, 3.05) is 46.9 Å². The fourth-order valence-corrected chi connectivity index (χ4v) is 4.53. The van der Waals surface area contributed by atoms with Gasteiger partial charge >= 0.3 is 0 Å². The molecule has 1 atom stereocenters. The predicted octanol–water partition coefficient (Wildman–Crippen LogP) is 3.77. The molecule has 2 aliphatic rings. The summed E-state index contributed by atoms with van der Waals surface area (Å²) in [7, 11) is 3.81. The number of carbonyl (C=O) groups is 1. The van der Waals surface area contributed by atoms with Crippen molar-refractivity contribution in [3.8, 4) is 5.75 Å². The highest BCUT2D eigenvalue weighted by Gasteiger charge is 2.33. The van der Waals surface area contributed by atoms with Crippen molar-refractivity contribution < 1.29 is 9.53 Å². The lowest BCUT2D eigenvalue weighted by Crippen LogP contribution is -2.45. The molecule has 0 radical (unpaired) electrons. The highest BCUT2D eigenvalue weighted by molar-refractivity contribution is 9.10. The van der Waals surface area contributed by atoms with Gasteiger partial charge in [-0.1, -0.05) is 40.2 Å². The molecule has 0 N–H and O–H groups in total. The Kier molecular flexibility index (Phi) is 7.05. The van der Waals surface area contributed by atoms with Crippen LogP contribution in [-0.4, -0.2) is 73.3 Å². The van der Waals surface area contributed by atoms with E-state index in [0.717, 1.165) is 59.8 Å². The Hall–Kier alpha value is -2.22. The van der Waals surface area contributed by atoms with Gasteiger partial charge in [-0.05, 0) is 42.4 Å². The maximum atomic E-state index is 13.3. The Morgan fingerprint density at radius 3 is 2.65 bits per heavy atom. The third-order valence-electron chi connectivity index (χ3n) is 6.04. The molecule has 0 aliphatic carbocycles. The number of halogens is 1. The first-order valence-electron chi connectivity index (χ1n) is 10.7. The summed E-state index contributed by atoms with van der Waals surface area (Å²) in [4.78, 5) is 18.0. The largest absolute Gasteiger partial charge is 0.497 e. The number of nitrogens with zero attached hydrogens (tertiary/aromatic N) is 4. The highest BCUT2D eigenvalue weighted by Crippen LogP contribution is 2.35. The second-order valence-corrected chi connectivity index (χ2v) is 9.10. The molecule has 0 aromatic heterocycles. The molecule has 2 aromatic carbocycles. The van der Waals surface area contributed by atoms with Gasteiger partial charge in [0.15, 0.2) is 0 Å². The van der Waals surface area contributed by atoms with Crippen LogP contribution in [0, 0.1) is 0 Å². The van der Waals surface area contributed by atoms with Crippen LogP contribution >= 0.6 is 15.9 Å². The van der Waals surface area contributed by atoms with E-state index in [9.17, 15) is 4.79 Å². The number of methoxy groups -OCH3 is 1. The molecule has 6 nitrogen and oxygen atoms in total. The van der Waals surface area contributed by atoms with Gasteiger partial charge in [-0.2, -0.15) is 5.10 Å². The summed E-state index contributed by atoms with van der Waals surface area (Å²) in [5.41, 5.74) is 3.01. The van der Waals surface area contributed by atoms with Crippen LogP contribution in [0.4, 0.5) is 0 Å². The van der Waals surface area contributed by atoms with Gasteiger partial charge in [0.2, 0.25) is 5.91 Å². The minimum absolute atomic E-state index is 0.0664. The molecule has 0 unspecified atom stereocenters. The van der Waals surface area contributed by atoms with Crippen LogP contribution in [0.3, 0.4) is 0 Å². The zero-order valence-corrected chi connectivity index (χ0v) is 19.7. The van der Waals surface area contributed by atoms with E-state index in [4.69, 9.17) is 9.84 Å². The summed E-state index contributed by atoms with van der Waals surface area (Å²) in [6.45, 7) is 4.89. The number of likely N-dealkylation sites (N-methyl/N-ethyl adjacent to an activating group) is 1. The van der Waals surface area contributed by atoms with Crippen molar-refractivity contribution in [2.45, 2.75) is 18.9 Å². The summed E-state index contributed by atoms with van der Waals surface area (Å²) in [5.74, 6) is 0.856. The monoisotopic (exact) mass is 484 g/mol. The summed E-state index contributed by atoms with van der Waals surface area (Å²) in [6, 6.07) is 15.9. The van der Waals surface area contributed by atoms with Crippen LogP contribution < -0.4 is 4.74 Å². The van der Waals surface area contributed by atoms with Crippen LogP contribution in [0.1, 0.15) is 30.0 Å². The van der Waals surface area contributed by atoms with Crippen LogP contribution in [0.15, 0.2) is 58.1 Å². The van der Waals surface area contributed by atoms with Gasteiger partial charge in [0.05, 0.1) is 18.9 Å². The van der Waals surface area contributed by atoms with Crippen LogP contribution in [-0.2, 0) is 4.79 Å². The number of ether oxygens (including phenoxy) is 1. The van der Waals surface area contributed by atoms with Gasteiger partial charge in [-0.25, -0.2) is 5.01 Å². The predicted molar refractivity (Wildman–Crippen MR) is 126 cm³/mol. The van der Waals surface area contributed by atoms with Gasteiger partial charge in [-0.3, -0.25) is 4.79 Å². The lowest BCUT2D eigenvalue weighted by atomic mass is 9.98. The van der Waals surface area contributed by atoms with E-state index in [-0.39, 0.29) is 11.9 Å². The number of amides is 1. The Morgan fingerprint density at radius 2 is 1.90 bits per heavy atom. The van der Waals surface area contributed by atoms with Gasteiger partial charge in [0.25, 0.3) is 0 Å². The molecule has 1 amide bonds. The number of hydrogen-bond acceptors (Lipinski definition) is 5. The maximum Gasteiger partial charge on any atom is 0.244 e. The molecular weight excluding hydrogens is 456 g/mol. The molecule has 7 heteroatoms. The number of benzene rings is 2. The number of carbonyl (C=O) groups excluding carboxylic acids is 1. The highest BCUT2D eigenvalue weighted by atomic mass is 79.9. The second kappa shape index (κ2) is 9.94. The molecule has 164 valence electrons. The molecule has 2 heterocycles. The van der Waals surface area contributed by atoms with Crippen molar-refractivity contribution in [2.24, 2.45) is 5.10 Å². The van der Waals surface area contributed by atoms with Gasteiger partial charge in [-0.15, -0.1) is 0 Å². The van der Waals surface area contributed by atoms with E-state index in [1.54, 1.807) is 12.1 Å². The average Bonchev–Trinajstić information content (AvgIpc) is 3.24. The Bertz CT molecular complexity index is 956. The van der Waals surface area contributed by atoms with Crippen molar-refractivity contribution >= 4 is 27.5 Å². The van der Waals surface area contributed by atoms with E-state index in [1.165, 1.54) is 0 Å². The Labute approximate surface area is 192 Å². The van der Waals surface area contributed by atoms with Gasteiger partial charge < -0.3 is 14.5 Å². The fraction of sp³-hybridized carbons (Fsp3) is 0.417. The third kappa shape index (κ3) is 5.34. The summed E-state index contributed by atoms with van der Waals surface area (Å²) in [5, 5.41) is 6.50. The SMILES string of the molecule is COc1cccc([C@H]2CC(c3cccc(Br)c3)=NN2C(=O)CCN2CCN(C)CC2)c1. The molecule has 2 aromatic rings. The summed E-state index contributed by atoms with van der Waals surface area (Å²) in [6.07, 6.45) is 1.16. The molecule has 4 rings (SSSR count). The lowest BCUT2D eigenvalue weighted by molar-refractivity contribution is -0.133. The van der Waals surface area contributed by atoms with Crippen molar-refractivity contribution in [3.05, 3.63) is 64.1 Å². The second-order valence-electron chi connectivity index (χ2n) is 8.19. The molecule has 2 aliphatic heterocycles. The zero-order valence-electron chi connectivity index (χ0n) is 18.1. The van der Waals surface area contributed by atoms with Gasteiger partial charge in [0.1, 0.15) is 5.75 Å². The van der Waals surface area contributed by atoms with Crippen LogP contribution in [0.5, 0.6) is 5.75 Å². The first kappa shape index (κ1) is 22.0. The van der Waals surface area contributed by atoms with E-state index in [0.29, 0.717) is 12.8 Å². The minimum atomic E-state index is -0.121. The molecule has 1 fully saturated rings. The van der Waals surface area contributed by atoms with E-state index in [1.807, 2.05) is 42.5 Å².